The van der Waals surface area contributed by atoms with Crippen LogP contribution in [0, 0.1) is 0 Å². The van der Waals surface area contributed by atoms with Crippen molar-refractivity contribution in [2.75, 3.05) is 13.7 Å². The fourth-order valence-corrected chi connectivity index (χ4v) is 2.84. The second-order valence-corrected chi connectivity index (χ2v) is 6.29. The Morgan fingerprint density at radius 3 is 2.36 bits per heavy atom. The summed E-state index contributed by atoms with van der Waals surface area (Å²) in [6.07, 6.45) is 0.0375. The summed E-state index contributed by atoms with van der Waals surface area (Å²) >= 11 is 0. The molecule has 0 bridgehead atoms. The number of hydrogen-bond donors (Lipinski definition) is 1. The number of rotatable bonds is 8. The third kappa shape index (κ3) is 5.05. The molecule has 0 aliphatic rings. The smallest absolute Gasteiger partial charge is 0.339 e. The lowest BCUT2D eigenvalue weighted by Gasteiger charge is -2.09. The number of carbonyl (C=O) groups excluding carboxylic acids is 3. The number of sulfonamides is 1. The number of ketones is 2. The maximum Gasteiger partial charge on any atom is 0.339 e. The molecule has 1 aromatic rings. The molecule has 22 heavy (non-hydrogen) atoms. The highest BCUT2D eigenvalue weighted by molar-refractivity contribution is 7.89. The van der Waals surface area contributed by atoms with Crippen LogP contribution in [0.25, 0.3) is 0 Å². The summed E-state index contributed by atoms with van der Waals surface area (Å²) in [7, 11) is -2.89. The molecule has 0 atom stereocenters. The van der Waals surface area contributed by atoms with Gasteiger partial charge in [0.25, 0.3) is 0 Å². The average Bonchev–Trinajstić information content (AvgIpc) is 2.50. The van der Waals surface area contributed by atoms with Gasteiger partial charge in [-0.2, -0.15) is 0 Å². The van der Waals surface area contributed by atoms with Gasteiger partial charge in [-0.05, 0) is 19.1 Å². The van der Waals surface area contributed by atoms with Gasteiger partial charge in [-0.25, -0.2) is 17.9 Å². The topological polar surface area (TPSA) is 107 Å². The Hall–Kier alpha value is -2.06. The largest absolute Gasteiger partial charge is 0.465 e. The minimum atomic E-state index is -4.04. The van der Waals surface area contributed by atoms with Crippen LogP contribution in [0.2, 0.25) is 0 Å². The van der Waals surface area contributed by atoms with Crippen LogP contribution in [-0.4, -0.2) is 39.6 Å². The van der Waals surface area contributed by atoms with Gasteiger partial charge >= 0.3 is 5.97 Å². The van der Waals surface area contributed by atoms with Crippen LogP contribution in [0.3, 0.4) is 0 Å². The number of methoxy groups -OCH3 is 1. The monoisotopic (exact) mass is 327 g/mol. The highest BCUT2D eigenvalue weighted by atomic mass is 32.2. The number of ether oxygens (including phenoxy) is 1. The molecule has 0 spiro atoms. The number of benzene rings is 1. The van der Waals surface area contributed by atoms with Gasteiger partial charge in [-0.15, -0.1) is 0 Å². The molecule has 1 N–H and O–H groups in total. The first-order valence-corrected chi connectivity index (χ1v) is 7.94. The van der Waals surface area contributed by atoms with E-state index in [1.54, 1.807) is 0 Å². The Balaban J connectivity index is 2.85. The summed E-state index contributed by atoms with van der Waals surface area (Å²) in [6, 6.07) is 5.52. The molecule has 0 radical (unpaired) electrons. The van der Waals surface area contributed by atoms with E-state index in [9.17, 15) is 22.8 Å². The number of carbonyl (C=O) groups is 3. The molecule has 0 aromatic heterocycles. The predicted octanol–water partition coefficient (Wildman–Crippen LogP) is 0.690. The van der Waals surface area contributed by atoms with Crippen molar-refractivity contribution in [3.05, 3.63) is 29.8 Å². The van der Waals surface area contributed by atoms with Gasteiger partial charge in [0.05, 0.1) is 24.1 Å². The molecule has 1 aromatic carbocycles. The van der Waals surface area contributed by atoms with Crippen LogP contribution in [0.15, 0.2) is 29.2 Å². The molecule has 0 saturated heterocycles. The van der Waals surface area contributed by atoms with E-state index in [1.807, 2.05) is 0 Å². The van der Waals surface area contributed by atoms with E-state index in [-0.39, 0.29) is 29.1 Å². The van der Waals surface area contributed by atoms with Gasteiger partial charge in [-0.1, -0.05) is 12.1 Å². The first-order valence-electron chi connectivity index (χ1n) is 6.46. The van der Waals surface area contributed by atoms with E-state index in [2.05, 4.69) is 9.46 Å². The van der Waals surface area contributed by atoms with Crippen molar-refractivity contribution in [2.24, 2.45) is 0 Å². The van der Waals surface area contributed by atoms with Crippen molar-refractivity contribution in [1.29, 1.82) is 0 Å². The highest BCUT2D eigenvalue weighted by Gasteiger charge is 2.23. The Bertz CT molecular complexity index is 680. The van der Waals surface area contributed by atoms with Gasteiger partial charge in [0.1, 0.15) is 11.6 Å². The summed E-state index contributed by atoms with van der Waals surface area (Å²) < 4.78 is 31.0. The van der Waals surface area contributed by atoms with Crippen molar-refractivity contribution in [3.8, 4) is 0 Å². The van der Waals surface area contributed by atoms with E-state index in [0.717, 1.165) is 7.11 Å². The molecule has 120 valence electrons. The van der Waals surface area contributed by atoms with Crippen molar-refractivity contribution >= 4 is 27.6 Å². The quantitative estimate of drug-likeness (QED) is 0.704. The Morgan fingerprint density at radius 1 is 1.14 bits per heavy atom. The number of nitrogens with one attached hydrogen (secondary N) is 1. The van der Waals surface area contributed by atoms with Crippen LogP contribution in [0.5, 0.6) is 0 Å². The standard InChI is InChI=1S/C14H17NO6S/c1-10(16)7-8-11(17)9-15-22(19,20)13-6-4-3-5-12(13)14(18)21-2/h3-6,15H,7-9H2,1-2H3. The number of Topliss-reactive ketones (excluding diaryl/α,β-unsaturated/α-hetero) is 2. The zero-order chi connectivity index (χ0) is 16.8. The predicted molar refractivity (Wildman–Crippen MR) is 77.9 cm³/mol. The lowest BCUT2D eigenvalue weighted by molar-refractivity contribution is -0.122. The van der Waals surface area contributed by atoms with Gasteiger partial charge in [-0.3, -0.25) is 4.79 Å². The van der Waals surface area contributed by atoms with E-state index in [1.165, 1.54) is 31.2 Å². The van der Waals surface area contributed by atoms with Gasteiger partial charge in [0.15, 0.2) is 0 Å². The zero-order valence-electron chi connectivity index (χ0n) is 12.3. The van der Waals surface area contributed by atoms with Crippen molar-refractivity contribution in [1.82, 2.24) is 4.72 Å². The van der Waals surface area contributed by atoms with Crippen molar-refractivity contribution in [2.45, 2.75) is 24.7 Å². The third-order valence-corrected chi connectivity index (χ3v) is 4.26. The second kappa shape index (κ2) is 7.81. The summed E-state index contributed by atoms with van der Waals surface area (Å²) in [5.41, 5.74) is -0.117. The van der Waals surface area contributed by atoms with E-state index >= 15 is 0 Å². The van der Waals surface area contributed by atoms with Crippen LogP contribution in [0.4, 0.5) is 0 Å². The fourth-order valence-electron chi connectivity index (χ4n) is 1.64. The molecule has 0 heterocycles. The molecule has 0 unspecified atom stereocenters. The molecular formula is C14H17NO6S. The van der Waals surface area contributed by atoms with Crippen LogP contribution in [-0.2, 0) is 24.3 Å². The Labute approximate surface area is 128 Å². The molecular weight excluding hydrogens is 310 g/mol. The minimum Gasteiger partial charge on any atom is -0.465 e. The normalized spacial score (nSPS) is 11.0. The molecule has 0 amide bonds. The van der Waals surface area contributed by atoms with Gasteiger partial charge in [0, 0.05) is 12.8 Å². The first-order chi connectivity index (χ1) is 10.3. The molecule has 7 nitrogen and oxygen atoms in total. The van der Waals surface area contributed by atoms with Gasteiger partial charge in [0.2, 0.25) is 10.0 Å². The molecule has 8 heteroatoms. The molecule has 0 aliphatic heterocycles. The number of hydrogen-bond acceptors (Lipinski definition) is 6. The van der Waals surface area contributed by atoms with Crippen LogP contribution in [0.1, 0.15) is 30.1 Å². The SMILES string of the molecule is COC(=O)c1ccccc1S(=O)(=O)NCC(=O)CCC(C)=O. The number of esters is 1. The summed E-state index contributed by atoms with van der Waals surface area (Å²) in [5.74, 6) is -1.34. The van der Waals surface area contributed by atoms with Crippen LogP contribution >= 0.6 is 0 Å². The van der Waals surface area contributed by atoms with E-state index in [4.69, 9.17) is 0 Å². The van der Waals surface area contributed by atoms with E-state index in [0.29, 0.717) is 0 Å². The lowest BCUT2D eigenvalue weighted by atomic mass is 10.2. The maximum absolute atomic E-state index is 12.2. The average molecular weight is 327 g/mol. The molecule has 1 rings (SSSR count). The maximum atomic E-state index is 12.2. The summed E-state index contributed by atoms with van der Waals surface area (Å²) in [4.78, 5) is 33.6. The van der Waals surface area contributed by atoms with Crippen molar-refractivity contribution < 1.29 is 27.5 Å². The third-order valence-electron chi connectivity index (χ3n) is 2.80. The van der Waals surface area contributed by atoms with Crippen LogP contribution < -0.4 is 4.72 Å². The van der Waals surface area contributed by atoms with Crippen molar-refractivity contribution in [3.63, 3.8) is 0 Å². The second-order valence-electron chi connectivity index (χ2n) is 4.55. The highest BCUT2D eigenvalue weighted by Crippen LogP contribution is 2.16. The Kier molecular flexibility index (Phi) is 6.39. The Morgan fingerprint density at radius 2 is 1.77 bits per heavy atom. The molecule has 0 aliphatic carbocycles. The lowest BCUT2D eigenvalue weighted by Crippen LogP contribution is -2.31. The first kappa shape index (κ1) is 18.0. The van der Waals surface area contributed by atoms with Gasteiger partial charge < -0.3 is 9.53 Å². The summed E-state index contributed by atoms with van der Waals surface area (Å²) in [6.45, 7) is 0.912. The fraction of sp³-hybridized carbons (Fsp3) is 0.357. The minimum absolute atomic E-state index is 0.0312. The summed E-state index contributed by atoms with van der Waals surface area (Å²) in [5, 5.41) is 0. The molecule has 0 fully saturated rings. The van der Waals surface area contributed by atoms with E-state index < -0.39 is 28.3 Å². The molecule has 0 saturated carbocycles. The zero-order valence-corrected chi connectivity index (χ0v) is 13.1.